The van der Waals surface area contributed by atoms with E-state index in [-0.39, 0.29) is 0 Å². The molecule has 3 nitrogen and oxygen atoms in total. The Kier molecular flexibility index (Phi) is 5.09. The van der Waals surface area contributed by atoms with Crippen molar-refractivity contribution in [3.63, 3.8) is 0 Å². The molecule has 3 heteroatoms. The second-order valence-electron chi connectivity index (χ2n) is 5.44. The van der Waals surface area contributed by atoms with Crippen LogP contribution in [0, 0.1) is 6.92 Å². The van der Waals surface area contributed by atoms with E-state index in [1.54, 1.807) is 7.11 Å². The quantitative estimate of drug-likeness (QED) is 0.823. The summed E-state index contributed by atoms with van der Waals surface area (Å²) in [6.07, 6.45) is 2.11. The van der Waals surface area contributed by atoms with Crippen molar-refractivity contribution in [2.45, 2.75) is 19.8 Å². The number of aryl methyl sites for hydroxylation is 2. The molecule has 0 aliphatic rings. The highest BCUT2D eigenvalue weighted by Gasteiger charge is 2.03. The van der Waals surface area contributed by atoms with Gasteiger partial charge in [-0.05, 0) is 49.6 Å². The maximum Gasteiger partial charge on any atom is 0.141 e. The van der Waals surface area contributed by atoms with Crippen molar-refractivity contribution in [3.8, 4) is 5.75 Å². The minimum atomic E-state index is 0.710. The molecule has 0 radical (unpaired) electrons. The first-order valence-electron chi connectivity index (χ1n) is 7.30. The van der Waals surface area contributed by atoms with E-state index in [0.717, 1.165) is 25.1 Å². The number of rotatable bonds is 6. The number of anilines is 2. The summed E-state index contributed by atoms with van der Waals surface area (Å²) in [6.45, 7) is 3.13. The molecule has 0 amide bonds. The van der Waals surface area contributed by atoms with Gasteiger partial charge in [-0.15, -0.1) is 0 Å². The van der Waals surface area contributed by atoms with Gasteiger partial charge in [-0.2, -0.15) is 0 Å². The Bertz CT molecular complexity index is 578. The lowest BCUT2D eigenvalue weighted by Crippen LogP contribution is -2.18. The fourth-order valence-electron chi connectivity index (χ4n) is 2.39. The minimum absolute atomic E-state index is 0.710. The molecule has 0 saturated carbocycles. The molecule has 112 valence electrons. The van der Waals surface area contributed by atoms with Crippen LogP contribution in [0.3, 0.4) is 0 Å². The van der Waals surface area contributed by atoms with Gasteiger partial charge < -0.3 is 15.4 Å². The van der Waals surface area contributed by atoms with Crippen molar-refractivity contribution >= 4 is 11.4 Å². The smallest absolute Gasteiger partial charge is 0.141 e. The predicted molar refractivity (Wildman–Crippen MR) is 90.2 cm³/mol. The first-order chi connectivity index (χ1) is 10.1. The van der Waals surface area contributed by atoms with Crippen molar-refractivity contribution in [2.24, 2.45) is 0 Å². The molecule has 21 heavy (non-hydrogen) atoms. The van der Waals surface area contributed by atoms with Gasteiger partial charge >= 0.3 is 0 Å². The van der Waals surface area contributed by atoms with Crippen LogP contribution in [0.4, 0.5) is 11.4 Å². The maximum atomic E-state index is 5.93. The highest BCUT2D eigenvalue weighted by Crippen LogP contribution is 2.22. The molecule has 0 aromatic heterocycles. The summed E-state index contributed by atoms with van der Waals surface area (Å²) in [6, 6.07) is 14.7. The van der Waals surface area contributed by atoms with E-state index < -0.39 is 0 Å². The fraction of sp³-hybridized carbons (Fsp3) is 0.333. The van der Waals surface area contributed by atoms with Gasteiger partial charge in [0.2, 0.25) is 0 Å². The highest BCUT2D eigenvalue weighted by molar-refractivity contribution is 5.54. The van der Waals surface area contributed by atoms with Crippen molar-refractivity contribution in [3.05, 3.63) is 53.6 Å². The van der Waals surface area contributed by atoms with Crippen LogP contribution in [0.25, 0.3) is 0 Å². The lowest BCUT2D eigenvalue weighted by atomic mass is 10.1. The Morgan fingerprint density at radius 2 is 1.81 bits per heavy atom. The molecule has 0 heterocycles. The van der Waals surface area contributed by atoms with E-state index in [9.17, 15) is 0 Å². The first-order valence-corrected chi connectivity index (χ1v) is 7.30. The van der Waals surface area contributed by atoms with Crippen molar-refractivity contribution in [2.75, 3.05) is 31.3 Å². The predicted octanol–water partition coefficient (Wildman–Crippen LogP) is 3.65. The molecule has 2 rings (SSSR count). The van der Waals surface area contributed by atoms with Crippen LogP contribution >= 0.6 is 0 Å². The van der Waals surface area contributed by atoms with Crippen LogP contribution in [0.2, 0.25) is 0 Å². The van der Waals surface area contributed by atoms with Gasteiger partial charge in [-0.1, -0.05) is 23.8 Å². The number of hydrogen-bond acceptors (Lipinski definition) is 3. The summed E-state index contributed by atoms with van der Waals surface area (Å²) in [5, 5.41) is 0. The van der Waals surface area contributed by atoms with Crippen molar-refractivity contribution < 1.29 is 4.74 Å². The molecule has 0 aliphatic carbocycles. The van der Waals surface area contributed by atoms with Crippen LogP contribution in [0.1, 0.15) is 17.5 Å². The number of ether oxygens (including phenoxy) is 1. The molecule has 0 unspecified atom stereocenters. The Balaban J connectivity index is 1.86. The van der Waals surface area contributed by atoms with Gasteiger partial charge in [-0.3, -0.25) is 0 Å². The third-order valence-corrected chi connectivity index (χ3v) is 3.73. The summed E-state index contributed by atoms with van der Waals surface area (Å²) in [5.74, 6) is 0.746. The Morgan fingerprint density at radius 3 is 2.43 bits per heavy atom. The van der Waals surface area contributed by atoms with Crippen LogP contribution in [0.15, 0.2) is 42.5 Å². The van der Waals surface area contributed by atoms with Crippen LogP contribution in [-0.2, 0) is 6.42 Å². The van der Waals surface area contributed by atoms with E-state index in [1.807, 2.05) is 12.1 Å². The standard InChI is InChI=1S/C18H24N2O/c1-14-6-9-16(10-7-14)20(2)12-4-5-15-8-11-18(21-3)17(19)13-15/h6-11,13H,4-5,12,19H2,1-3H3. The Hall–Kier alpha value is -2.16. The third kappa shape index (κ3) is 4.15. The lowest BCUT2D eigenvalue weighted by molar-refractivity contribution is 0.417. The number of nitrogen functional groups attached to an aromatic ring is 1. The second-order valence-corrected chi connectivity index (χ2v) is 5.44. The lowest BCUT2D eigenvalue weighted by Gasteiger charge is -2.19. The molecular formula is C18H24N2O. The van der Waals surface area contributed by atoms with Crippen LogP contribution < -0.4 is 15.4 Å². The molecule has 0 atom stereocenters. The number of nitrogens with zero attached hydrogens (tertiary/aromatic N) is 1. The first kappa shape index (κ1) is 15.2. The molecule has 2 N–H and O–H groups in total. The zero-order valence-electron chi connectivity index (χ0n) is 13.1. The van der Waals surface area contributed by atoms with Crippen molar-refractivity contribution in [1.29, 1.82) is 0 Å². The SMILES string of the molecule is COc1ccc(CCCN(C)c2ccc(C)cc2)cc1N. The summed E-state index contributed by atoms with van der Waals surface area (Å²) in [7, 11) is 3.77. The highest BCUT2D eigenvalue weighted by atomic mass is 16.5. The maximum absolute atomic E-state index is 5.93. The van der Waals surface area contributed by atoms with Gasteiger partial charge in [0.05, 0.1) is 12.8 Å². The number of hydrogen-bond donors (Lipinski definition) is 1. The van der Waals surface area contributed by atoms with E-state index in [4.69, 9.17) is 10.5 Å². The van der Waals surface area contributed by atoms with Crippen LogP contribution in [-0.4, -0.2) is 20.7 Å². The molecule has 0 fully saturated rings. The largest absolute Gasteiger partial charge is 0.495 e. The topological polar surface area (TPSA) is 38.5 Å². The summed E-state index contributed by atoms with van der Waals surface area (Å²) < 4.78 is 5.18. The zero-order chi connectivity index (χ0) is 15.2. The third-order valence-electron chi connectivity index (χ3n) is 3.73. The monoisotopic (exact) mass is 284 g/mol. The molecular weight excluding hydrogens is 260 g/mol. The molecule has 0 aliphatic heterocycles. The Labute approximate surface area is 127 Å². The summed E-state index contributed by atoms with van der Waals surface area (Å²) in [4.78, 5) is 2.28. The van der Waals surface area contributed by atoms with Crippen LogP contribution in [0.5, 0.6) is 5.75 Å². The van der Waals surface area contributed by atoms with Gasteiger partial charge in [-0.25, -0.2) is 0 Å². The number of methoxy groups -OCH3 is 1. The molecule has 0 bridgehead atoms. The van der Waals surface area contributed by atoms with Crippen molar-refractivity contribution in [1.82, 2.24) is 0 Å². The van der Waals surface area contributed by atoms with Gasteiger partial charge in [0.1, 0.15) is 5.75 Å². The average molecular weight is 284 g/mol. The normalized spacial score (nSPS) is 10.4. The average Bonchev–Trinajstić information content (AvgIpc) is 2.48. The van der Waals surface area contributed by atoms with Gasteiger partial charge in [0.15, 0.2) is 0 Å². The van der Waals surface area contributed by atoms with Gasteiger partial charge in [0.25, 0.3) is 0 Å². The van der Waals surface area contributed by atoms with E-state index >= 15 is 0 Å². The molecule has 2 aromatic rings. The summed E-state index contributed by atoms with van der Waals surface area (Å²) in [5.41, 5.74) is 10.5. The van der Waals surface area contributed by atoms with E-state index in [0.29, 0.717) is 5.69 Å². The summed E-state index contributed by atoms with van der Waals surface area (Å²) >= 11 is 0. The number of nitrogens with two attached hydrogens (primary N) is 1. The van der Waals surface area contributed by atoms with Gasteiger partial charge in [0, 0.05) is 19.3 Å². The second kappa shape index (κ2) is 7.02. The van der Waals surface area contributed by atoms with E-state index in [2.05, 4.69) is 49.2 Å². The molecule has 2 aromatic carbocycles. The molecule has 0 saturated heterocycles. The minimum Gasteiger partial charge on any atom is -0.495 e. The number of benzene rings is 2. The van der Waals surface area contributed by atoms with E-state index in [1.165, 1.54) is 16.8 Å². The fourth-order valence-corrected chi connectivity index (χ4v) is 2.39. The zero-order valence-corrected chi connectivity index (χ0v) is 13.1. The molecule has 0 spiro atoms. The Morgan fingerprint density at radius 1 is 1.10 bits per heavy atom.